The number of carbonyl (C=O) groups is 1. The molecule has 0 aliphatic carbocycles. The van der Waals surface area contributed by atoms with Crippen molar-refractivity contribution in [3.8, 4) is 0 Å². The number of anilines is 1. The Labute approximate surface area is 149 Å². The highest BCUT2D eigenvalue weighted by Gasteiger charge is 2.18. The third kappa shape index (κ3) is 4.34. The molecular formula is C15H21N5O2S2. The smallest absolute Gasteiger partial charge is 0.230 e. The van der Waals surface area contributed by atoms with Gasteiger partial charge in [-0.05, 0) is 6.42 Å². The van der Waals surface area contributed by atoms with Crippen molar-refractivity contribution < 1.29 is 9.53 Å². The quantitative estimate of drug-likeness (QED) is 0.455. The zero-order chi connectivity index (χ0) is 16.8. The maximum atomic E-state index is 11.9. The predicted octanol–water partition coefficient (Wildman–Crippen LogP) is 1.93. The van der Waals surface area contributed by atoms with Gasteiger partial charge >= 0.3 is 0 Å². The van der Waals surface area contributed by atoms with Gasteiger partial charge in [-0.15, -0.1) is 0 Å². The number of carbonyl (C=O) groups excluding carboxylic acids is 1. The molecule has 0 bridgehead atoms. The van der Waals surface area contributed by atoms with Crippen LogP contribution in [0, 0.1) is 0 Å². The van der Waals surface area contributed by atoms with Gasteiger partial charge in [0.15, 0.2) is 10.8 Å². The Bertz CT molecular complexity index is 688. The van der Waals surface area contributed by atoms with Crippen molar-refractivity contribution in [2.24, 2.45) is 0 Å². The number of nitrogens with one attached hydrogen (secondary N) is 1. The van der Waals surface area contributed by atoms with Gasteiger partial charge in [0, 0.05) is 19.6 Å². The number of morpholine rings is 1. The summed E-state index contributed by atoms with van der Waals surface area (Å²) in [6, 6.07) is 0. The molecule has 9 heteroatoms. The minimum atomic E-state index is 0.0399. The molecule has 1 aliphatic rings. The Balaban J connectivity index is 1.67. The highest BCUT2D eigenvalue weighted by molar-refractivity contribution is 8.00. The van der Waals surface area contributed by atoms with Gasteiger partial charge in [0.05, 0.1) is 19.0 Å². The standard InChI is InChI=1S/C15H21N5O2S2/c1-2-3-4-16-11(21)9-23-14-12-13(17-10-18-14)19-15(24-12)20-5-7-22-8-6-20/h10H,2-9H2,1H3,(H,16,21). The summed E-state index contributed by atoms with van der Waals surface area (Å²) in [5.41, 5.74) is 0.699. The van der Waals surface area contributed by atoms with E-state index in [1.54, 1.807) is 11.3 Å². The molecule has 2 aromatic heterocycles. The van der Waals surface area contributed by atoms with E-state index in [-0.39, 0.29) is 5.91 Å². The summed E-state index contributed by atoms with van der Waals surface area (Å²) in [5.74, 6) is 0.402. The van der Waals surface area contributed by atoms with Gasteiger partial charge in [0.1, 0.15) is 16.1 Å². The van der Waals surface area contributed by atoms with Crippen molar-refractivity contribution in [1.29, 1.82) is 0 Å². The fourth-order valence-electron chi connectivity index (χ4n) is 2.30. The van der Waals surface area contributed by atoms with Crippen LogP contribution in [-0.2, 0) is 9.53 Å². The van der Waals surface area contributed by atoms with Gasteiger partial charge in [-0.3, -0.25) is 4.79 Å². The number of hydrogen-bond acceptors (Lipinski definition) is 8. The van der Waals surface area contributed by atoms with Crippen LogP contribution in [0.5, 0.6) is 0 Å². The van der Waals surface area contributed by atoms with Crippen LogP contribution in [0.2, 0.25) is 0 Å². The molecule has 3 rings (SSSR count). The number of fused-ring (bicyclic) bond motifs is 1. The van der Waals surface area contributed by atoms with Crippen molar-refractivity contribution in [3.05, 3.63) is 6.33 Å². The molecule has 24 heavy (non-hydrogen) atoms. The lowest BCUT2D eigenvalue weighted by molar-refractivity contribution is -0.118. The summed E-state index contributed by atoms with van der Waals surface area (Å²) in [6.45, 7) is 5.97. The average molecular weight is 368 g/mol. The molecule has 1 fully saturated rings. The number of amides is 1. The van der Waals surface area contributed by atoms with Gasteiger partial charge < -0.3 is 15.0 Å². The fourth-order valence-corrected chi connectivity index (χ4v) is 4.28. The Morgan fingerprint density at radius 3 is 3.04 bits per heavy atom. The van der Waals surface area contributed by atoms with Crippen molar-refractivity contribution in [2.45, 2.75) is 24.8 Å². The van der Waals surface area contributed by atoms with Crippen molar-refractivity contribution in [1.82, 2.24) is 20.3 Å². The van der Waals surface area contributed by atoms with E-state index in [9.17, 15) is 4.79 Å². The van der Waals surface area contributed by atoms with E-state index in [0.717, 1.165) is 60.5 Å². The first-order valence-electron chi connectivity index (χ1n) is 8.11. The number of rotatable bonds is 7. The molecule has 0 saturated carbocycles. The molecule has 2 aromatic rings. The lowest BCUT2D eigenvalue weighted by Gasteiger charge is -2.25. The first-order chi connectivity index (χ1) is 11.8. The second-order valence-corrected chi connectivity index (χ2v) is 7.36. The summed E-state index contributed by atoms with van der Waals surface area (Å²) in [6.07, 6.45) is 3.60. The van der Waals surface area contributed by atoms with E-state index in [0.29, 0.717) is 11.4 Å². The molecular weight excluding hydrogens is 346 g/mol. The van der Waals surface area contributed by atoms with Gasteiger partial charge in [0.25, 0.3) is 0 Å². The minimum absolute atomic E-state index is 0.0399. The molecule has 0 atom stereocenters. The van der Waals surface area contributed by atoms with Crippen LogP contribution in [0.3, 0.4) is 0 Å². The van der Waals surface area contributed by atoms with E-state index in [2.05, 4.69) is 32.1 Å². The summed E-state index contributed by atoms with van der Waals surface area (Å²) in [5, 5.41) is 4.69. The van der Waals surface area contributed by atoms with Crippen LogP contribution < -0.4 is 10.2 Å². The lowest BCUT2D eigenvalue weighted by Crippen LogP contribution is -2.36. The highest BCUT2D eigenvalue weighted by atomic mass is 32.2. The van der Waals surface area contributed by atoms with E-state index < -0.39 is 0 Å². The van der Waals surface area contributed by atoms with Crippen molar-refractivity contribution >= 4 is 44.5 Å². The Kier molecular flexibility index (Phi) is 6.22. The molecule has 0 aromatic carbocycles. The maximum Gasteiger partial charge on any atom is 0.230 e. The first kappa shape index (κ1) is 17.4. The number of ether oxygens (including phenoxy) is 1. The zero-order valence-corrected chi connectivity index (χ0v) is 15.3. The SMILES string of the molecule is CCCCNC(=O)CSc1ncnc2nc(N3CCOCC3)sc12. The maximum absolute atomic E-state index is 11.9. The van der Waals surface area contributed by atoms with Crippen molar-refractivity contribution in [3.63, 3.8) is 0 Å². The molecule has 1 amide bonds. The normalized spacial score (nSPS) is 15.0. The summed E-state index contributed by atoms with van der Waals surface area (Å²) >= 11 is 3.03. The molecule has 1 N–H and O–H groups in total. The molecule has 3 heterocycles. The van der Waals surface area contributed by atoms with Gasteiger partial charge in [-0.1, -0.05) is 36.4 Å². The van der Waals surface area contributed by atoms with Crippen LogP contribution in [0.4, 0.5) is 5.13 Å². The van der Waals surface area contributed by atoms with E-state index in [1.165, 1.54) is 18.1 Å². The second-order valence-electron chi connectivity index (χ2n) is 5.42. The van der Waals surface area contributed by atoms with Gasteiger partial charge in [0.2, 0.25) is 5.91 Å². The van der Waals surface area contributed by atoms with Gasteiger partial charge in [-0.25, -0.2) is 9.97 Å². The number of hydrogen-bond donors (Lipinski definition) is 1. The van der Waals surface area contributed by atoms with E-state index in [4.69, 9.17) is 4.74 Å². The molecule has 7 nitrogen and oxygen atoms in total. The van der Waals surface area contributed by atoms with Crippen LogP contribution >= 0.6 is 23.1 Å². The molecule has 0 radical (unpaired) electrons. The first-order valence-corrected chi connectivity index (χ1v) is 9.92. The predicted molar refractivity (Wildman–Crippen MR) is 96.9 cm³/mol. The Morgan fingerprint density at radius 1 is 1.42 bits per heavy atom. The van der Waals surface area contributed by atoms with Gasteiger partial charge in [-0.2, -0.15) is 4.98 Å². The summed E-state index contributed by atoms with van der Waals surface area (Å²) in [7, 11) is 0. The number of thioether (sulfide) groups is 1. The summed E-state index contributed by atoms with van der Waals surface area (Å²) in [4.78, 5) is 27.3. The minimum Gasteiger partial charge on any atom is -0.378 e. The largest absolute Gasteiger partial charge is 0.378 e. The molecule has 1 saturated heterocycles. The van der Waals surface area contributed by atoms with E-state index >= 15 is 0 Å². The molecule has 1 aliphatic heterocycles. The monoisotopic (exact) mass is 367 g/mol. The second kappa shape index (κ2) is 8.59. The zero-order valence-electron chi connectivity index (χ0n) is 13.7. The third-order valence-electron chi connectivity index (χ3n) is 3.62. The number of nitrogens with zero attached hydrogens (tertiary/aromatic N) is 4. The van der Waals surface area contributed by atoms with Crippen molar-refractivity contribution in [2.75, 3.05) is 43.5 Å². The molecule has 0 spiro atoms. The average Bonchev–Trinajstić information content (AvgIpc) is 3.06. The number of aromatic nitrogens is 3. The van der Waals surface area contributed by atoms with E-state index in [1.807, 2.05) is 0 Å². The van der Waals surface area contributed by atoms with Crippen LogP contribution in [0.15, 0.2) is 11.4 Å². The highest BCUT2D eigenvalue weighted by Crippen LogP contribution is 2.33. The Morgan fingerprint density at radius 2 is 2.25 bits per heavy atom. The number of thiazole rings is 1. The van der Waals surface area contributed by atoms with Crippen LogP contribution in [-0.4, -0.2) is 59.5 Å². The number of unbranched alkanes of at least 4 members (excludes halogenated alkanes) is 1. The lowest BCUT2D eigenvalue weighted by atomic mass is 10.3. The third-order valence-corrected chi connectivity index (χ3v) is 5.85. The van der Waals surface area contributed by atoms with Crippen LogP contribution in [0.1, 0.15) is 19.8 Å². The fraction of sp³-hybridized carbons (Fsp3) is 0.600. The topological polar surface area (TPSA) is 80.2 Å². The molecule has 0 unspecified atom stereocenters. The summed E-state index contributed by atoms with van der Waals surface area (Å²) < 4.78 is 6.33. The van der Waals surface area contributed by atoms with Crippen LogP contribution in [0.25, 0.3) is 10.3 Å². The molecule has 130 valence electrons. The Hall–Kier alpha value is -1.45.